The van der Waals surface area contributed by atoms with Crippen LogP contribution in [0, 0.1) is 6.92 Å². The van der Waals surface area contributed by atoms with Crippen LogP contribution in [0.5, 0.6) is 5.75 Å². The lowest BCUT2D eigenvalue weighted by atomic mass is 10.2. The quantitative estimate of drug-likeness (QED) is 0.850. The molecule has 0 bridgehead atoms. The molecule has 1 N–H and O–H groups in total. The van der Waals surface area contributed by atoms with Crippen molar-refractivity contribution in [1.82, 2.24) is 14.9 Å². The molecule has 8 heteroatoms. The second-order valence-electron chi connectivity index (χ2n) is 7.07. The third-order valence-corrected chi connectivity index (χ3v) is 5.04. The molecule has 29 heavy (non-hydrogen) atoms. The van der Waals surface area contributed by atoms with Gasteiger partial charge in [0.1, 0.15) is 30.5 Å². The van der Waals surface area contributed by atoms with Crippen LogP contribution >= 0.6 is 0 Å². The summed E-state index contributed by atoms with van der Waals surface area (Å²) >= 11 is 0. The summed E-state index contributed by atoms with van der Waals surface area (Å²) < 4.78 is 10.9. The van der Waals surface area contributed by atoms with Crippen LogP contribution in [0.2, 0.25) is 0 Å². The van der Waals surface area contributed by atoms with Crippen LogP contribution in [0.15, 0.2) is 41.9 Å². The van der Waals surface area contributed by atoms with Crippen LogP contribution in [-0.2, 0) is 14.3 Å². The molecule has 2 aromatic rings. The largest absolute Gasteiger partial charge is 0.507 e. The number of phenolic OH excluding ortho intramolecular Hbond substituents is 1. The van der Waals surface area contributed by atoms with Crippen molar-refractivity contribution in [3.63, 3.8) is 0 Å². The van der Waals surface area contributed by atoms with E-state index in [4.69, 9.17) is 9.47 Å². The van der Waals surface area contributed by atoms with Crippen LogP contribution in [0.1, 0.15) is 12.6 Å². The van der Waals surface area contributed by atoms with Gasteiger partial charge in [0.25, 0.3) is 5.91 Å². The minimum absolute atomic E-state index is 0.129. The van der Waals surface area contributed by atoms with Gasteiger partial charge in [-0.1, -0.05) is 12.1 Å². The smallest absolute Gasteiger partial charge is 0.292 e. The lowest BCUT2D eigenvalue weighted by Gasteiger charge is -2.36. The maximum absolute atomic E-state index is 12.7. The van der Waals surface area contributed by atoms with Gasteiger partial charge in [-0.25, -0.2) is 9.97 Å². The number of aryl methyl sites for hydroxylation is 1. The molecular formula is C21H24N4O4. The molecule has 4 rings (SSSR count). The highest BCUT2D eigenvalue weighted by Gasteiger charge is 2.28. The highest BCUT2D eigenvalue weighted by atomic mass is 16.6. The summed E-state index contributed by atoms with van der Waals surface area (Å²) in [5.41, 5.74) is 1.42. The number of piperazine rings is 1. The number of rotatable bonds is 3. The van der Waals surface area contributed by atoms with E-state index in [1.54, 1.807) is 30.0 Å². The Balaban J connectivity index is 1.49. The van der Waals surface area contributed by atoms with Gasteiger partial charge >= 0.3 is 0 Å². The van der Waals surface area contributed by atoms with Crippen molar-refractivity contribution in [2.24, 2.45) is 0 Å². The molecule has 1 saturated heterocycles. The Morgan fingerprint density at radius 3 is 2.48 bits per heavy atom. The highest BCUT2D eigenvalue weighted by molar-refractivity contribution is 5.92. The number of nitrogens with zero attached hydrogens (tertiary/aromatic N) is 4. The summed E-state index contributed by atoms with van der Waals surface area (Å²) in [6, 6.07) is 8.96. The molecule has 1 fully saturated rings. The molecule has 0 aliphatic carbocycles. The molecule has 1 aromatic carbocycles. The summed E-state index contributed by atoms with van der Waals surface area (Å²) in [5.74, 6) is 2.15. The molecule has 0 saturated carbocycles. The Hall–Kier alpha value is -3.29. The van der Waals surface area contributed by atoms with E-state index in [2.05, 4.69) is 14.9 Å². The average Bonchev–Trinajstić information content (AvgIpc) is 2.73. The van der Waals surface area contributed by atoms with Gasteiger partial charge in [-0.3, -0.25) is 4.79 Å². The van der Waals surface area contributed by atoms with Gasteiger partial charge in [0.2, 0.25) is 5.76 Å². The molecule has 1 amide bonds. The van der Waals surface area contributed by atoms with Gasteiger partial charge in [-0.2, -0.15) is 0 Å². The number of carbonyl (C=O) groups excluding carboxylic acids is 1. The third-order valence-electron chi connectivity index (χ3n) is 5.04. The fourth-order valence-corrected chi connectivity index (χ4v) is 3.50. The Kier molecular flexibility index (Phi) is 5.24. The monoisotopic (exact) mass is 396 g/mol. The topological polar surface area (TPSA) is 88.0 Å². The molecule has 0 unspecified atom stereocenters. The molecule has 2 aliphatic rings. The number of amides is 1. The second kappa shape index (κ2) is 7.98. The van der Waals surface area contributed by atoms with E-state index in [1.807, 2.05) is 19.1 Å². The number of carbonyl (C=O) groups is 1. The normalized spacial score (nSPS) is 17.0. The highest BCUT2D eigenvalue weighted by Crippen LogP contribution is 2.28. The lowest BCUT2D eigenvalue weighted by Crippen LogP contribution is -2.50. The van der Waals surface area contributed by atoms with Crippen molar-refractivity contribution >= 4 is 11.7 Å². The van der Waals surface area contributed by atoms with Crippen LogP contribution in [0.3, 0.4) is 0 Å². The first-order valence-corrected chi connectivity index (χ1v) is 9.67. The molecule has 0 spiro atoms. The van der Waals surface area contributed by atoms with Crippen LogP contribution < -0.4 is 4.90 Å². The van der Waals surface area contributed by atoms with Gasteiger partial charge in [0, 0.05) is 37.9 Å². The Morgan fingerprint density at radius 1 is 1.03 bits per heavy atom. The Bertz CT molecular complexity index is 951. The lowest BCUT2D eigenvalue weighted by molar-refractivity contribution is -0.133. The van der Waals surface area contributed by atoms with E-state index in [1.165, 1.54) is 0 Å². The van der Waals surface area contributed by atoms with E-state index in [0.29, 0.717) is 62.3 Å². The zero-order valence-corrected chi connectivity index (χ0v) is 16.6. The Labute approximate surface area is 169 Å². The fourth-order valence-electron chi connectivity index (χ4n) is 3.50. The number of phenols is 1. The Morgan fingerprint density at radius 2 is 1.76 bits per heavy atom. The molecule has 0 radical (unpaired) electrons. The van der Waals surface area contributed by atoms with Crippen molar-refractivity contribution in [1.29, 1.82) is 0 Å². The van der Waals surface area contributed by atoms with Gasteiger partial charge in [-0.05, 0) is 26.0 Å². The molecule has 152 valence electrons. The number of hydrogen-bond donors (Lipinski definition) is 1. The maximum Gasteiger partial charge on any atom is 0.292 e. The summed E-state index contributed by atoms with van der Waals surface area (Å²) in [4.78, 5) is 25.8. The minimum Gasteiger partial charge on any atom is -0.507 e. The predicted molar refractivity (Wildman–Crippen MR) is 107 cm³/mol. The van der Waals surface area contributed by atoms with E-state index in [0.717, 1.165) is 11.5 Å². The standard InChI is InChI=1S/C21H24N4O4/c1-14-13-18(23-20(22-14)16-5-3-4-6-17(16)26)24-7-9-25(10-8-24)21(27)19-15(2)28-11-12-29-19/h3-6,13,26H,7-12H2,1-2H3. The van der Waals surface area contributed by atoms with Crippen LogP contribution in [0.25, 0.3) is 11.4 Å². The van der Waals surface area contributed by atoms with Gasteiger partial charge in [0.15, 0.2) is 5.82 Å². The zero-order chi connectivity index (χ0) is 20.4. The molecule has 3 heterocycles. The third kappa shape index (κ3) is 3.96. The molecule has 1 aromatic heterocycles. The van der Waals surface area contributed by atoms with Crippen LogP contribution in [-0.4, -0.2) is 65.3 Å². The summed E-state index contributed by atoms with van der Waals surface area (Å²) in [6.07, 6.45) is 0. The summed E-state index contributed by atoms with van der Waals surface area (Å²) in [6.45, 7) is 6.96. The zero-order valence-electron chi connectivity index (χ0n) is 16.6. The number of aromatic hydroxyl groups is 1. The molecule has 2 aliphatic heterocycles. The van der Waals surface area contributed by atoms with E-state index < -0.39 is 0 Å². The summed E-state index contributed by atoms with van der Waals surface area (Å²) in [7, 11) is 0. The average molecular weight is 396 g/mol. The van der Waals surface area contributed by atoms with Crippen molar-refractivity contribution in [3.05, 3.63) is 47.5 Å². The number of anilines is 1. The first kappa shape index (κ1) is 19.0. The SMILES string of the molecule is CC1=C(C(=O)N2CCN(c3cc(C)nc(-c4ccccc4O)n3)CC2)OCCO1. The first-order valence-electron chi connectivity index (χ1n) is 9.67. The van der Waals surface area contributed by atoms with Crippen molar-refractivity contribution < 1.29 is 19.4 Å². The van der Waals surface area contributed by atoms with Gasteiger partial charge in [0.05, 0.1) is 5.56 Å². The predicted octanol–water partition coefficient (Wildman–Crippen LogP) is 2.08. The van der Waals surface area contributed by atoms with E-state index in [9.17, 15) is 9.90 Å². The van der Waals surface area contributed by atoms with E-state index >= 15 is 0 Å². The van der Waals surface area contributed by atoms with Gasteiger partial charge in [-0.15, -0.1) is 0 Å². The van der Waals surface area contributed by atoms with Crippen molar-refractivity contribution in [3.8, 4) is 17.1 Å². The molecule has 0 atom stereocenters. The number of para-hydroxylation sites is 1. The number of aromatic nitrogens is 2. The summed E-state index contributed by atoms with van der Waals surface area (Å²) in [5, 5.41) is 10.1. The number of hydrogen-bond acceptors (Lipinski definition) is 7. The van der Waals surface area contributed by atoms with Crippen molar-refractivity contribution in [2.75, 3.05) is 44.3 Å². The molecular weight excluding hydrogens is 372 g/mol. The number of ether oxygens (including phenoxy) is 2. The van der Waals surface area contributed by atoms with Crippen LogP contribution in [0.4, 0.5) is 5.82 Å². The maximum atomic E-state index is 12.7. The number of benzene rings is 1. The number of allylic oxidation sites excluding steroid dienone is 1. The van der Waals surface area contributed by atoms with E-state index in [-0.39, 0.29) is 11.7 Å². The molecule has 8 nitrogen and oxygen atoms in total. The van der Waals surface area contributed by atoms with Crippen molar-refractivity contribution in [2.45, 2.75) is 13.8 Å². The fraction of sp³-hybridized carbons (Fsp3) is 0.381. The minimum atomic E-state index is -0.129. The second-order valence-corrected chi connectivity index (χ2v) is 7.07. The van der Waals surface area contributed by atoms with Gasteiger partial charge < -0.3 is 24.4 Å². The first-order chi connectivity index (χ1) is 14.0.